The molecule has 0 N–H and O–H groups in total. The Morgan fingerprint density at radius 2 is 0.568 bits per heavy atom. The first-order chi connectivity index (χ1) is 43.7. The van der Waals surface area contributed by atoms with Gasteiger partial charge < -0.3 is 18.9 Å². The molecule has 88 heavy (non-hydrogen) atoms. The van der Waals surface area contributed by atoms with Gasteiger partial charge in [-0.05, 0) is 158 Å². The van der Waals surface area contributed by atoms with Crippen LogP contribution in [-0.2, 0) is 0 Å². The smallest absolute Gasteiger partial charge is 0.237 e. The summed E-state index contributed by atoms with van der Waals surface area (Å²) < 4.78 is 7.13. The number of anilines is 9. The summed E-state index contributed by atoms with van der Waals surface area (Å²) in [5.74, 6) is 1.30. The molecule has 0 aliphatic carbocycles. The molecule has 0 aliphatic heterocycles. The molecule has 0 atom stereocenters. The average molecular weight is 1130 g/mol. The Morgan fingerprint density at radius 3 is 1.07 bits per heavy atom. The number of fused-ring (bicyclic) bond motifs is 10. The molecule has 4 aromatic heterocycles. The third kappa shape index (κ3) is 8.37. The predicted molar refractivity (Wildman–Crippen MR) is 367 cm³/mol. The summed E-state index contributed by atoms with van der Waals surface area (Å²) in [7, 11) is 0. The van der Waals surface area contributed by atoms with E-state index in [0.29, 0.717) is 5.95 Å². The van der Waals surface area contributed by atoms with E-state index in [-0.39, 0.29) is 0 Å². The molecule has 4 heterocycles. The van der Waals surface area contributed by atoms with Crippen molar-refractivity contribution >= 4 is 128 Å². The summed E-state index contributed by atoms with van der Waals surface area (Å²) in [5.41, 5.74) is 17.7. The first kappa shape index (κ1) is 50.5. The molecule has 0 fully saturated rings. The molecule has 17 aromatic rings. The summed E-state index contributed by atoms with van der Waals surface area (Å²) in [4.78, 5) is 18.5. The van der Waals surface area contributed by atoms with E-state index in [9.17, 15) is 0 Å². The quantitative estimate of drug-likeness (QED) is 0.122. The lowest BCUT2D eigenvalue weighted by molar-refractivity contribution is 1.03. The average Bonchev–Trinajstić information content (AvgIpc) is 1.70. The zero-order valence-corrected chi connectivity index (χ0v) is 47.8. The second-order valence-corrected chi connectivity index (χ2v) is 22.2. The van der Waals surface area contributed by atoms with Crippen molar-refractivity contribution in [3.05, 3.63) is 328 Å². The van der Waals surface area contributed by atoms with E-state index in [1.54, 1.807) is 0 Å². The summed E-state index contributed by atoms with van der Waals surface area (Å²) in [6, 6.07) is 117. The number of para-hydroxylation sites is 9. The highest BCUT2D eigenvalue weighted by Gasteiger charge is 2.26. The van der Waals surface area contributed by atoms with E-state index >= 15 is 0 Å². The first-order valence-electron chi connectivity index (χ1n) is 29.8. The number of rotatable bonds is 12. The van der Waals surface area contributed by atoms with Crippen LogP contribution < -0.4 is 14.7 Å². The molecule has 414 valence electrons. The molecule has 13 aromatic carbocycles. The van der Waals surface area contributed by atoms with Gasteiger partial charge in [0.2, 0.25) is 5.95 Å². The Balaban J connectivity index is 0.917. The summed E-state index contributed by atoms with van der Waals surface area (Å²) in [5, 5.41) is 7.78. The van der Waals surface area contributed by atoms with Gasteiger partial charge in [0.05, 0.1) is 44.3 Å². The van der Waals surface area contributed by atoms with Gasteiger partial charge in [0.1, 0.15) is 0 Å². The van der Waals surface area contributed by atoms with E-state index in [0.717, 1.165) is 134 Å². The summed E-state index contributed by atoms with van der Waals surface area (Å²) >= 11 is 0. The third-order valence-electron chi connectivity index (χ3n) is 17.1. The minimum atomic E-state index is 0.538. The summed E-state index contributed by atoms with van der Waals surface area (Å²) in [6.07, 6.45) is 0. The molecular formula is C80H54N8. The van der Waals surface area contributed by atoms with Crippen LogP contribution in [0.2, 0.25) is 0 Å². The Kier molecular flexibility index (Phi) is 12.0. The van der Waals surface area contributed by atoms with Gasteiger partial charge in [0, 0.05) is 88.9 Å². The first-order valence-corrected chi connectivity index (χ1v) is 29.8. The van der Waals surface area contributed by atoms with Gasteiger partial charge >= 0.3 is 0 Å². The fourth-order valence-corrected chi connectivity index (χ4v) is 13.3. The van der Waals surface area contributed by atoms with Crippen LogP contribution in [0.3, 0.4) is 0 Å². The normalized spacial score (nSPS) is 11.6. The van der Waals surface area contributed by atoms with E-state index in [4.69, 9.17) is 9.97 Å². The molecule has 0 aliphatic rings. The topological polar surface area (TPSA) is 50.3 Å². The van der Waals surface area contributed by atoms with Crippen molar-refractivity contribution < 1.29 is 0 Å². The number of aromatic nitrogens is 5. The lowest BCUT2D eigenvalue weighted by Gasteiger charge is -2.26. The maximum Gasteiger partial charge on any atom is 0.237 e. The van der Waals surface area contributed by atoms with Crippen LogP contribution in [0.4, 0.5) is 51.4 Å². The SMILES string of the molecule is c1ccc(N(c2ccccc2)c2ccc3c(c2)c2ccccc2n3-c2ccc3nc(N(c4ccccc4)c4ccc5c6ccccc6n(-c6ccccc6)c5c4)nc(-n4c5ccccc5c5cc(N(c6ccccc6)c6ccccc6)ccc54)c3c2)cc1. The Bertz CT molecular complexity index is 5370. The number of hydrogen-bond acceptors (Lipinski definition) is 5. The van der Waals surface area contributed by atoms with Gasteiger partial charge in [0.25, 0.3) is 0 Å². The molecule has 17 rings (SSSR count). The minimum Gasteiger partial charge on any atom is -0.310 e. The number of benzene rings is 13. The lowest BCUT2D eigenvalue weighted by atomic mass is 10.1. The van der Waals surface area contributed by atoms with E-state index in [2.05, 4.69) is 356 Å². The van der Waals surface area contributed by atoms with Gasteiger partial charge in [-0.2, -0.15) is 4.98 Å². The maximum atomic E-state index is 5.93. The second kappa shape index (κ2) is 21.0. The van der Waals surface area contributed by atoms with Gasteiger partial charge in [-0.1, -0.05) is 170 Å². The van der Waals surface area contributed by atoms with Crippen molar-refractivity contribution in [2.24, 2.45) is 0 Å². The Hall–Kier alpha value is -12.0. The molecule has 0 radical (unpaired) electrons. The Labute approximate surface area is 508 Å². The van der Waals surface area contributed by atoms with Crippen molar-refractivity contribution in [2.75, 3.05) is 14.7 Å². The van der Waals surface area contributed by atoms with E-state index in [1.807, 2.05) is 0 Å². The van der Waals surface area contributed by atoms with Crippen LogP contribution >= 0.6 is 0 Å². The van der Waals surface area contributed by atoms with E-state index < -0.39 is 0 Å². The monoisotopic (exact) mass is 1130 g/mol. The van der Waals surface area contributed by atoms with Crippen LogP contribution in [0.25, 0.3) is 93.5 Å². The third-order valence-corrected chi connectivity index (χ3v) is 17.1. The highest BCUT2D eigenvalue weighted by Crippen LogP contribution is 2.45. The highest BCUT2D eigenvalue weighted by atomic mass is 15.3. The molecule has 0 unspecified atom stereocenters. The van der Waals surface area contributed by atoms with Crippen molar-refractivity contribution in [1.82, 2.24) is 23.7 Å². The zero-order valence-electron chi connectivity index (χ0n) is 47.8. The van der Waals surface area contributed by atoms with Crippen LogP contribution in [0.1, 0.15) is 0 Å². The molecular weight excluding hydrogens is 1070 g/mol. The summed E-state index contributed by atoms with van der Waals surface area (Å²) in [6.45, 7) is 0. The number of hydrogen-bond donors (Lipinski definition) is 0. The lowest BCUT2D eigenvalue weighted by Crippen LogP contribution is -2.15. The van der Waals surface area contributed by atoms with Crippen LogP contribution in [0.5, 0.6) is 0 Å². The second-order valence-electron chi connectivity index (χ2n) is 22.2. The Morgan fingerprint density at radius 1 is 0.205 bits per heavy atom. The molecule has 8 nitrogen and oxygen atoms in total. The molecule has 0 saturated carbocycles. The molecule has 0 amide bonds. The van der Waals surface area contributed by atoms with Gasteiger partial charge in [0.15, 0.2) is 5.82 Å². The van der Waals surface area contributed by atoms with E-state index in [1.165, 1.54) is 5.39 Å². The van der Waals surface area contributed by atoms with Gasteiger partial charge in [-0.25, -0.2) is 4.98 Å². The fourth-order valence-electron chi connectivity index (χ4n) is 13.3. The molecule has 0 bridgehead atoms. The van der Waals surface area contributed by atoms with Crippen LogP contribution in [-0.4, -0.2) is 23.7 Å². The minimum absolute atomic E-state index is 0.538. The largest absolute Gasteiger partial charge is 0.310 e. The molecule has 0 spiro atoms. The maximum absolute atomic E-state index is 5.93. The zero-order chi connectivity index (χ0) is 58.1. The fraction of sp³-hybridized carbons (Fsp3) is 0. The molecule has 8 heteroatoms. The van der Waals surface area contributed by atoms with Crippen molar-refractivity contribution in [3.8, 4) is 17.2 Å². The van der Waals surface area contributed by atoms with Crippen molar-refractivity contribution in [2.45, 2.75) is 0 Å². The number of nitrogens with zero attached hydrogens (tertiary/aromatic N) is 8. The molecule has 0 saturated heterocycles. The van der Waals surface area contributed by atoms with Gasteiger partial charge in [-0.3, -0.25) is 9.47 Å². The standard InChI is InChI=1S/C80H54N8/c1-7-25-55(26-8-1)83(56-27-9-2-10-28-56)61-45-49-76-69(51-61)66-38-20-23-41-74(66)87(76)63-44-48-72-71(53-63)79(88-75-42-24-21-39-67(75)70-52-62(46-50-77(70)88)84(57-29-11-3-12-30-57)58-31-13-4-14-32-58)82-80(81-72)85(59-33-15-5-16-34-59)64-43-47-68-65-37-19-22-40-73(65)86(78(68)54-64)60-35-17-6-18-36-60/h1-54H. The predicted octanol–water partition coefficient (Wildman–Crippen LogP) is 21.3. The van der Waals surface area contributed by atoms with Gasteiger partial charge in [-0.15, -0.1) is 0 Å². The van der Waals surface area contributed by atoms with Crippen molar-refractivity contribution in [3.63, 3.8) is 0 Å². The highest BCUT2D eigenvalue weighted by molar-refractivity contribution is 6.14. The van der Waals surface area contributed by atoms with Crippen LogP contribution in [0, 0.1) is 0 Å². The van der Waals surface area contributed by atoms with Crippen LogP contribution in [0.15, 0.2) is 328 Å². The van der Waals surface area contributed by atoms with Crippen molar-refractivity contribution in [1.29, 1.82) is 0 Å².